The van der Waals surface area contributed by atoms with Crippen LogP contribution in [0.2, 0.25) is 0 Å². The summed E-state index contributed by atoms with van der Waals surface area (Å²) in [5, 5.41) is 9.93. The van der Waals surface area contributed by atoms with Crippen LogP contribution in [0.4, 0.5) is 8.78 Å². The van der Waals surface area contributed by atoms with E-state index in [9.17, 15) is 13.9 Å². The molecule has 0 spiro atoms. The molecule has 0 heterocycles. The van der Waals surface area contributed by atoms with Crippen molar-refractivity contribution in [1.29, 1.82) is 0 Å². The molecule has 0 fully saturated rings. The third-order valence-electron chi connectivity index (χ3n) is 2.71. The molecule has 0 amide bonds. The fraction of sp³-hybridized carbons (Fsp3) is 0.500. The van der Waals surface area contributed by atoms with E-state index in [2.05, 4.69) is 0 Å². The van der Waals surface area contributed by atoms with Gasteiger partial charge in [0, 0.05) is 11.5 Å². The Hall–Kier alpha value is -1.00. The van der Waals surface area contributed by atoms with Crippen LogP contribution in [-0.2, 0) is 0 Å². The molecular formula is C12H17F2NO. The summed E-state index contributed by atoms with van der Waals surface area (Å²) in [6, 6.07) is 3.81. The molecule has 0 aromatic heterocycles. The zero-order valence-electron chi connectivity index (χ0n) is 9.29. The quantitative estimate of drug-likeness (QED) is 0.814. The topological polar surface area (TPSA) is 46.2 Å². The molecule has 0 radical (unpaired) electrons. The molecule has 0 aliphatic heterocycles. The molecule has 1 rings (SSSR count). The summed E-state index contributed by atoms with van der Waals surface area (Å²) in [4.78, 5) is 0. The number of hydrogen-bond acceptors (Lipinski definition) is 2. The van der Waals surface area contributed by atoms with Crippen molar-refractivity contribution < 1.29 is 13.9 Å². The van der Waals surface area contributed by atoms with Crippen molar-refractivity contribution in [3.8, 4) is 0 Å². The van der Waals surface area contributed by atoms with E-state index in [4.69, 9.17) is 5.73 Å². The lowest BCUT2D eigenvalue weighted by molar-refractivity contribution is 0.102. The lowest BCUT2D eigenvalue weighted by Gasteiger charge is -2.21. The van der Waals surface area contributed by atoms with Gasteiger partial charge in [-0.2, -0.15) is 0 Å². The van der Waals surface area contributed by atoms with Gasteiger partial charge in [0.2, 0.25) is 0 Å². The number of hydrogen-bond donors (Lipinski definition) is 2. The van der Waals surface area contributed by atoms with Crippen LogP contribution < -0.4 is 5.73 Å². The lowest BCUT2D eigenvalue weighted by Crippen LogP contribution is -2.22. The first-order valence-electron chi connectivity index (χ1n) is 5.43. The molecule has 2 unspecified atom stereocenters. The minimum absolute atomic E-state index is 0.0103. The molecule has 3 N–H and O–H groups in total. The largest absolute Gasteiger partial charge is 0.388 e. The van der Waals surface area contributed by atoms with Gasteiger partial charge >= 0.3 is 0 Å². The lowest BCUT2D eigenvalue weighted by atomic mass is 9.91. The second kappa shape index (κ2) is 5.92. The van der Waals surface area contributed by atoms with Gasteiger partial charge in [0.05, 0.1) is 6.10 Å². The molecular weight excluding hydrogens is 212 g/mol. The standard InChI is InChI=1S/C12H17F2NO/c1-2-4-8(7-15)12(16)9-5-3-6-10(13)11(9)14/h3,5-6,8,12,16H,2,4,7,15H2,1H3. The van der Waals surface area contributed by atoms with Crippen molar-refractivity contribution in [1.82, 2.24) is 0 Å². The van der Waals surface area contributed by atoms with Crippen LogP contribution in [-0.4, -0.2) is 11.7 Å². The monoisotopic (exact) mass is 229 g/mol. The smallest absolute Gasteiger partial charge is 0.164 e. The van der Waals surface area contributed by atoms with Gasteiger partial charge in [-0.25, -0.2) is 8.78 Å². The molecule has 4 heteroatoms. The second-order valence-electron chi connectivity index (χ2n) is 3.87. The second-order valence-corrected chi connectivity index (χ2v) is 3.87. The predicted molar refractivity (Wildman–Crippen MR) is 58.8 cm³/mol. The van der Waals surface area contributed by atoms with E-state index >= 15 is 0 Å². The minimum atomic E-state index is -1.04. The summed E-state index contributed by atoms with van der Waals surface area (Å²) in [6.45, 7) is 2.21. The Balaban J connectivity index is 2.94. The minimum Gasteiger partial charge on any atom is -0.388 e. The van der Waals surface area contributed by atoms with Crippen LogP contribution in [0.1, 0.15) is 31.4 Å². The van der Waals surface area contributed by atoms with Crippen molar-refractivity contribution in [2.75, 3.05) is 6.54 Å². The average molecular weight is 229 g/mol. The van der Waals surface area contributed by atoms with E-state index in [1.165, 1.54) is 12.1 Å². The first-order chi connectivity index (χ1) is 7.61. The number of nitrogens with two attached hydrogens (primary N) is 1. The van der Waals surface area contributed by atoms with Gasteiger partial charge in [-0.1, -0.05) is 25.5 Å². The number of aliphatic hydroxyl groups is 1. The Kier molecular flexibility index (Phi) is 4.83. The van der Waals surface area contributed by atoms with E-state index in [0.29, 0.717) is 6.42 Å². The average Bonchev–Trinajstić information content (AvgIpc) is 2.29. The number of rotatable bonds is 5. The SMILES string of the molecule is CCCC(CN)C(O)c1cccc(F)c1F. The normalized spacial score (nSPS) is 14.8. The maximum Gasteiger partial charge on any atom is 0.164 e. The highest BCUT2D eigenvalue weighted by Crippen LogP contribution is 2.27. The first-order valence-corrected chi connectivity index (χ1v) is 5.43. The molecule has 2 nitrogen and oxygen atoms in total. The number of aliphatic hydroxyl groups excluding tert-OH is 1. The Bertz CT molecular complexity index is 344. The molecule has 0 bridgehead atoms. The third-order valence-corrected chi connectivity index (χ3v) is 2.71. The maximum atomic E-state index is 13.4. The highest BCUT2D eigenvalue weighted by atomic mass is 19.2. The summed E-state index contributed by atoms with van der Waals surface area (Å²) in [5.41, 5.74) is 5.50. The van der Waals surface area contributed by atoms with Gasteiger partial charge in [-0.15, -0.1) is 0 Å². The zero-order chi connectivity index (χ0) is 12.1. The van der Waals surface area contributed by atoms with E-state index in [1.807, 2.05) is 6.92 Å². The first kappa shape index (κ1) is 13.1. The van der Waals surface area contributed by atoms with Crippen LogP contribution in [0, 0.1) is 17.6 Å². The van der Waals surface area contributed by atoms with Gasteiger partial charge in [0.15, 0.2) is 11.6 Å². The Morgan fingerprint density at radius 2 is 2.06 bits per heavy atom. The molecule has 0 aliphatic carbocycles. The fourth-order valence-electron chi connectivity index (χ4n) is 1.78. The number of benzene rings is 1. The van der Waals surface area contributed by atoms with Crippen LogP contribution in [0.25, 0.3) is 0 Å². The third kappa shape index (κ3) is 2.77. The molecule has 0 aliphatic rings. The molecule has 0 saturated carbocycles. The molecule has 90 valence electrons. The summed E-state index contributed by atoms with van der Waals surface area (Å²) in [6.07, 6.45) is 0.490. The van der Waals surface area contributed by atoms with Crippen LogP contribution >= 0.6 is 0 Å². The van der Waals surface area contributed by atoms with E-state index in [-0.39, 0.29) is 18.0 Å². The van der Waals surface area contributed by atoms with Crippen LogP contribution in [0.5, 0.6) is 0 Å². The maximum absolute atomic E-state index is 13.4. The van der Waals surface area contributed by atoms with Gasteiger partial charge < -0.3 is 10.8 Å². The van der Waals surface area contributed by atoms with Crippen molar-refractivity contribution in [2.24, 2.45) is 11.7 Å². The summed E-state index contributed by atoms with van der Waals surface area (Å²) in [5.74, 6) is -2.16. The van der Waals surface area contributed by atoms with Crippen molar-refractivity contribution in [2.45, 2.75) is 25.9 Å². The van der Waals surface area contributed by atoms with E-state index in [0.717, 1.165) is 12.5 Å². The van der Waals surface area contributed by atoms with E-state index in [1.54, 1.807) is 0 Å². The summed E-state index contributed by atoms with van der Waals surface area (Å²) in [7, 11) is 0. The van der Waals surface area contributed by atoms with Gasteiger partial charge in [-0.05, 0) is 19.0 Å². The van der Waals surface area contributed by atoms with Crippen molar-refractivity contribution in [3.63, 3.8) is 0 Å². The summed E-state index contributed by atoms with van der Waals surface area (Å²) >= 11 is 0. The van der Waals surface area contributed by atoms with Gasteiger partial charge in [0.25, 0.3) is 0 Å². The van der Waals surface area contributed by atoms with E-state index < -0.39 is 17.7 Å². The fourth-order valence-corrected chi connectivity index (χ4v) is 1.78. The Morgan fingerprint density at radius 3 is 2.62 bits per heavy atom. The molecule has 16 heavy (non-hydrogen) atoms. The Morgan fingerprint density at radius 1 is 1.38 bits per heavy atom. The number of halogens is 2. The molecule has 1 aromatic carbocycles. The molecule has 0 saturated heterocycles. The molecule has 2 atom stereocenters. The predicted octanol–water partition coefficient (Wildman–Crippen LogP) is 2.37. The summed E-state index contributed by atoms with van der Waals surface area (Å²) < 4.78 is 26.4. The van der Waals surface area contributed by atoms with Crippen molar-refractivity contribution in [3.05, 3.63) is 35.4 Å². The van der Waals surface area contributed by atoms with Crippen LogP contribution in [0.3, 0.4) is 0 Å². The van der Waals surface area contributed by atoms with Gasteiger partial charge in [-0.3, -0.25) is 0 Å². The van der Waals surface area contributed by atoms with Gasteiger partial charge in [0.1, 0.15) is 0 Å². The highest BCUT2D eigenvalue weighted by Gasteiger charge is 2.23. The molecule has 1 aromatic rings. The zero-order valence-corrected chi connectivity index (χ0v) is 9.29. The van der Waals surface area contributed by atoms with Crippen molar-refractivity contribution >= 4 is 0 Å². The Labute approximate surface area is 94.1 Å². The van der Waals surface area contributed by atoms with Crippen LogP contribution in [0.15, 0.2) is 18.2 Å². The highest BCUT2D eigenvalue weighted by molar-refractivity contribution is 5.21.